The second-order valence-corrected chi connectivity index (χ2v) is 8.01. The van der Waals surface area contributed by atoms with Crippen LogP contribution in [0.3, 0.4) is 0 Å². The zero-order chi connectivity index (χ0) is 22.4. The summed E-state index contributed by atoms with van der Waals surface area (Å²) in [7, 11) is 1.87. The highest BCUT2D eigenvalue weighted by Gasteiger charge is 2.16. The number of aromatic nitrogens is 3. The van der Waals surface area contributed by atoms with Gasteiger partial charge in [0.2, 0.25) is 5.91 Å². The SMILES string of the molecule is CCN(CC)C(=O)CSc1nnc(-c2cccc(NC(=O)c3ccccc3C)c2)n1C. The number of carbonyl (C=O) groups is 2. The number of hydrogen-bond donors (Lipinski definition) is 1. The van der Waals surface area contributed by atoms with Crippen LogP contribution in [0.15, 0.2) is 53.7 Å². The lowest BCUT2D eigenvalue weighted by Gasteiger charge is -2.17. The Hall–Kier alpha value is -3.13. The summed E-state index contributed by atoms with van der Waals surface area (Å²) in [5, 5.41) is 12.2. The highest BCUT2D eigenvalue weighted by atomic mass is 32.2. The van der Waals surface area contributed by atoms with Crippen molar-refractivity contribution in [2.45, 2.75) is 25.9 Å². The number of nitrogens with one attached hydrogen (secondary N) is 1. The van der Waals surface area contributed by atoms with E-state index in [2.05, 4.69) is 15.5 Å². The Bertz CT molecular complexity index is 1080. The van der Waals surface area contributed by atoms with Crippen molar-refractivity contribution < 1.29 is 9.59 Å². The highest BCUT2D eigenvalue weighted by Crippen LogP contribution is 2.25. The molecular formula is C23H27N5O2S. The summed E-state index contributed by atoms with van der Waals surface area (Å²) < 4.78 is 1.86. The maximum atomic E-state index is 12.6. The molecule has 0 aliphatic carbocycles. The van der Waals surface area contributed by atoms with Gasteiger partial charge in [-0.1, -0.05) is 42.1 Å². The van der Waals surface area contributed by atoms with Crippen molar-refractivity contribution >= 4 is 29.3 Å². The largest absolute Gasteiger partial charge is 0.343 e. The van der Waals surface area contributed by atoms with E-state index < -0.39 is 0 Å². The molecule has 0 fully saturated rings. The highest BCUT2D eigenvalue weighted by molar-refractivity contribution is 7.99. The summed E-state index contributed by atoms with van der Waals surface area (Å²) in [6.45, 7) is 7.24. The minimum absolute atomic E-state index is 0.0838. The normalized spacial score (nSPS) is 10.7. The number of hydrogen-bond acceptors (Lipinski definition) is 5. The van der Waals surface area contributed by atoms with E-state index in [0.717, 1.165) is 11.1 Å². The third-order valence-electron chi connectivity index (χ3n) is 5.04. The van der Waals surface area contributed by atoms with Gasteiger partial charge in [0.05, 0.1) is 5.75 Å². The minimum atomic E-state index is -0.153. The van der Waals surface area contributed by atoms with Crippen LogP contribution in [-0.2, 0) is 11.8 Å². The number of amides is 2. The van der Waals surface area contributed by atoms with Gasteiger partial charge in [0.25, 0.3) is 5.91 Å². The van der Waals surface area contributed by atoms with E-state index in [1.807, 2.05) is 74.9 Å². The predicted molar refractivity (Wildman–Crippen MR) is 124 cm³/mol. The van der Waals surface area contributed by atoms with Crippen molar-refractivity contribution in [3.8, 4) is 11.4 Å². The van der Waals surface area contributed by atoms with Crippen molar-refractivity contribution in [3.63, 3.8) is 0 Å². The number of rotatable bonds is 8. The van der Waals surface area contributed by atoms with Gasteiger partial charge in [0.1, 0.15) is 0 Å². The second kappa shape index (κ2) is 10.3. The first-order valence-corrected chi connectivity index (χ1v) is 11.2. The number of thioether (sulfide) groups is 1. The molecule has 3 aromatic rings. The third kappa shape index (κ3) is 5.32. The van der Waals surface area contributed by atoms with Crippen molar-refractivity contribution in [1.29, 1.82) is 0 Å². The molecule has 0 unspecified atom stereocenters. The molecule has 0 spiro atoms. The second-order valence-electron chi connectivity index (χ2n) is 7.07. The van der Waals surface area contributed by atoms with Crippen LogP contribution in [0.5, 0.6) is 0 Å². The van der Waals surface area contributed by atoms with Crippen molar-refractivity contribution in [3.05, 3.63) is 59.7 Å². The van der Waals surface area contributed by atoms with Crippen LogP contribution in [0.4, 0.5) is 5.69 Å². The maximum Gasteiger partial charge on any atom is 0.255 e. The molecule has 3 rings (SSSR count). The predicted octanol–water partition coefficient (Wildman–Crippen LogP) is 4.00. The monoisotopic (exact) mass is 437 g/mol. The number of carbonyl (C=O) groups excluding carboxylic acids is 2. The first-order valence-electron chi connectivity index (χ1n) is 10.2. The molecule has 0 radical (unpaired) electrons. The number of aryl methyl sites for hydroxylation is 1. The summed E-state index contributed by atoms with van der Waals surface area (Å²) in [4.78, 5) is 26.7. The van der Waals surface area contributed by atoms with Gasteiger partial charge in [-0.15, -0.1) is 10.2 Å². The number of benzene rings is 2. The van der Waals surface area contributed by atoms with Gasteiger partial charge >= 0.3 is 0 Å². The van der Waals surface area contributed by atoms with E-state index in [-0.39, 0.29) is 11.8 Å². The molecule has 0 bridgehead atoms. The molecule has 7 nitrogen and oxygen atoms in total. The molecule has 1 heterocycles. The van der Waals surface area contributed by atoms with Gasteiger partial charge in [0.15, 0.2) is 11.0 Å². The van der Waals surface area contributed by atoms with Gasteiger partial charge in [-0.2, -0.15) is 0 Å². The first kappa shape index (κ1) is 22.6. The van der Waals surface area contributed by atoms with Crippen LogP contribution in [-0.4, -0.2) is 50.3 Å². The van der Waals surface area contributed by atoms with Gasteiger partial charge in [-0.3, -0.25) is 9.59 Å². The molecule has 0 saturated heterocycles. The van der Waals surface area contributed by atoms with Crippen LogP contribution < -0.4 is 5.32 Å². The summed E-state index contributed by atoms with van der Waals surface area (Å²) in [6.07, 6.45) is 0. The molecule has 2 aromatic carbocycles. The van der Waals surface area contributed by atoms with Crippen molar-refractivity contribution in [2.24, 2.45) is 7.05 Å². The molecule has 1 aromatic heterocycles. The van der Waals surface area contributed by atoms with Crippen LogP contribution >= 0.6 is 11.8 Å². The average Bonchev–Trinajstić information content (AvgIpc) is 3.14. The molecule has 162 valence electrons. The van der Waals surface area contributed by atoms with Gasteiger partial charge < -0.3 is 14.8 Å². The molecule has 0 atom stereocenters. The molecule has 31 heavy (non-hydrogen) atoms. The Balaban J connectivity index is 1.73. The van der Waals surface area contributed by atoms with Crippen LogP contribution in [0, 0.1) is 6.92 Å². The summed E-state index contributed by atoms with van der Waals surface area (Å²) in [6, 6.07) is 15.0. The zero-order valence-electron chi connectivity index (χ0n) is 18.3. The summed E-state index contributed by atoms with van der Waals surface area (Å²) in [5.41, 5.74) is 3.08. The molecule has 8 heteroatoms. The van der Waals surface area contributed by atoms with E-state index in [4.69, 9.17) is 0 Å². The smallest absolute Gasteiger partial charge is 0.255 e. The fraction of sp³-hybridized carbons (Fsp3) is 0.304. The van der Waals surface area contributed by atoms with E-state index in [0.29, 0.717) is 41.1 Å². The Labute approximate surface area is 186 Å². The third-order valence-corrected chi connectivity index (χ3v) is 6.05. The van der Waals surface area contributed by atoms with Crippen molar-refractivity contribution in [1.82, 2.24) is 19.7 Å². The van der Waals surface area contributed by atoms with Gasteiger partial charge in [0, 0.05) is 37.0 Å². The van der Waals surface area contributed by atoms with E-state index in [1.165, 1.54) is 11.8 Å². The molecule has 0 aliphatic rings. The molecule has 2 amide bonds. The van der Waals surface area contributed by atoms with Crippen molar-refractivity contribution in [2.75, 3.05) is 24.2 Å². The quantitative estimate of drug-likeness (QED) is 0.539. The van der Waals surface area contributed by atoms with E-state index in [1.54, 1.807) is 11.0 Å². The molecule has 0 saturated carbocycles. The van der Waals surface area contributed by atoms with Crippen LogP contribution in [0.1, 0.15) is 29.8 Å². The lowest BCUT2D eigenvalue weighted by molar-refractivity contribution is -0.127. The van der Waals surface area contributed by atoms with E-state index >= 15 is 0 Å². The lowest BCUT2D eigenvalue weighted by Crippen LogP contribution is -2.31. The van der Waals surface area contributed by atoms with Gasteiger partial charge in [-0.05, 0) is 44.5 Å². The topological polar surface area (TPSA) is 80.1 Å². The lowest BCUT2D eigenvalue weighted by atomic mass is 10.1. The maximum absolute atomic E-state index is 12.6. The van der Waals surface area contributed by atoms with Gasteiger partial charge in [-0.25, -0.2) is 0 Å². The average molecular weight is 438 g/mol. The molecule has 1 N–H and O–H groups in total. The Morgan fingerprint density at radius 2 is 1.81 bits per heavy atom. The first-order chi connectivity index (χ1) is 14.9. The molecule has 0 aliphatic heterocycles. The van der Waals surface area contributed by atoms with Crippen LogP contribution in [0.2, 0.25) is 0 Å². The fourth-order valence-electron chi connectivity index (χ4n) is 3.25. The Morgan fingerprint density at radius 3 is 2.52 bits per heavy atom. The summed E-state index contributed by atoms with van der Waals surface area (Å²) >= 11 is 1.37. The minimum Gasteiger partial charge on any atom is -0.343 e. The van der Waals surface area contributed by atoms with Crippen LogP contribution in [0.25, 0.3) is 11.4 Å². The van der Waals surface area contributed by atoms with E-state index in [9.17, 15) is 9.59 Å². The Kier molecular flexibility index (Phi) is 7.46. The Morgan fingerprint density at radius 1 is 1.06 bits per heavy atom. The number of anilines is 1. The summed E-state index contributed by atoms with van der Waals surface area (Å²) in [5.74, 6) is 0.921. The number of nitrogens with zero attached hydrogens (tertiary/aromatic N) is 4. The fourth-order valence-corrected chi connectivity index (χ4v) is 4.06. The standard InChI is InChI=1S/C23H27N5O2S/c1-5-28(6-2)20(29)15-31-23-26-25-21(27(23)4)17-11-9-12-18(14-17)24-22(30)19-13-8-7-10-16(19)3/h7-14H,5-6,15H2,1-4H3,(H,24,30). The zero-order valence-corrected chi connectivity index (χ0v) is 19.1. The molecular weight excluding hydrogens is 410 g/mol.